The maximum Gasteiger partial charge on any atom is 0.408 e. The number of nitrogens with one attached hydrogen (secondary N) is 2. The van der Waals surface area contributed by atoms with Crippen LogP contribution in [-0.4, -0.2) is 51.7 Å². The minimum absolute atomic E-state index is 0.0217. The third-order valence-electron chi connectivity index (χ3n) is 6.32. The largest absolute Gasteiger partial charge is 0.481 e. The highest BCUT2D eigenvalue weighted by Gasteiger charge is 2.32. The second kappa shape index (κ2) is 14.9. The Morgan fingerprint density at radius 3 is 2.26 bits per heavy atom. The number of Topliss-reactive ketones (excluding diaryl/α,β-unsaturated/α-hetero) is 2. The molecule has 0 spiro atoms. The molecule has 3 aromatic rings. The number of ether oxygens (including phenoxy) is 1. The smallest absolute Gasteiger partial charge is 0.408 e. The fourth-order valence-corrected chi connectivity index (χ4v) is 4.28. The van der Waals surface area contributed by atoms with Crippen LogP contribution in [0.5, 0.6) is 0 Å². The number of carboxylic acid groups (broad SMARTS) is 1. The van der Waals surface area contributed by atoms with E-state index in [0.29, 0.717) is 10.6 Å². The number of halogens is 1. The Bertz CT molecular complexity index is 1420. The van der Waals surface area contributed by atoms with Gasteiger partial charge in [-0.05, 0) is 23.6 Å². The molecule has 1 heterocycles. The summed E-state index contributed by atoms with van der Waals surface area (Å²) in [5.41, 5.74) is 1.26. The highest BCUT2D eigenvalue weighted by Crippen LogP contribution is 2.28. The van der Waals surface area contributed by atoms with Gasteiger partial charge in [0.25, 0.3) is 5.89 Å². The van der Waals surface area contributed by atoms with Crippen molar-refractivity contribution in [2.24, 2.45) is 11.8 Å². The molecule has 0 unspecified atom stereocenters. The molecule has 0 bridgehead atoms. The summed E-state index contributed by atoms with van der Waals surface area (Å²) in [6, 6.07) is 13.3. The van der Waals surface area contributed by atoms with Gasteiger partial charge in [0.15, 0.2) is 11.5 Å². The number of carboxylic acids is 1. The molecule has 222 valence electrons. The first-order valence-corrected chi connectivity index (χ1v) is 13.6. The monoisotopic (exact) mass is 597 g/mol. The first-order valence-electron chi connectivity index (χ1n) is 13.2. The van der Waals surface area contributed by atoms with Crippen LogP contribution in [0.3, 0.4) is 0 Å². The normalized spacial score (nSPS) is 13.1. The van der Waals surface area contributed by atoms with Crippen LogP contribution in [0.15, 0.2) is 65.2 Å². The lowest BCUT2D eigenvalue weighted by Crippen LogP contribution is -2.47. The molecule has 0 aliphatic rings. The van der Waals surface area contributed by atoms with Crippen molar-refractivity contribution in [1.82, 2.24) is 15.6 Å². The van der Waals surface area contributed by atoms with Crippen LogP contribution < -0.4 is 10.6 Å². The molecule has 0 fully saturated rings. The number of alkyl carbamates (subject to hydrolysis) is 1. The second-order valence-electron chi connectivity index (χ2n) is 10.0. The number of carbonyl (C=O) groups excluding carboxylic acids is 4. The quantitative estimate of drug-likeness (QED) is 0.224. The highest BCUT2D eigenvalue weighted by atomic mass is 35.5. The third kappa shape index (κ3) is 9.00. The standard InChI is InChI=1S/C30H32ClN3O8/c1-17(2)26(34-30(40)41-16-19-9-5-4-6-10-19)23(35)13-18(3)28(39)33-22(14-25(36)37)27(38)29-32-15-24(42-29)20-11-7-8-12-21(20)31/h4-12,15,17-18,22,26H,13-14,16H2,1-3H3,(H,33,39)(H,34,40)(H,36,37)/t18-,22+,26+/m1/s1. The van der Waals surface area contributed by atoms with Crippen molar-refractivity contribution in [3.63, 3.8) is 0 Å². The molecule has 0 aliphatic heterocycles. The molecule has 1 aromatic heterocycles. The Balaban J connectivity index is 1.62. The van der Waals surface area contributed by atoms with Gasteiger partial charge in [-0.3, -0.25) is 19.2 Å². The predicted octanol–water partition coefficient (Wildman–Crippen LogP) is 4.68. The van der Waals surface area contributed by atoms with Gasteiger partial charge < -0.3 is 24.9 Å². The molecule has 12 heteroatoms. The first-order chi connectivity index (χ1) is 20.0. The molecule has 11 nitrogen and oxygen atoms in total. The molecular weight excluding hydrogens is 566 g/mol. The van der Waals surface area contributed by atoms with Gasteiger partial charge in [0.05, 0.1) is 23.7 Å². The number of ketones is 2. The van der Waals surface area contributed by atoms with Crippen LogP contribution in [-0.2, 0) is 25.7 Å². The lowest BCUT2D eigenvalue weighted by atomic mass is 9.92. The van der Waals surface area contributed by atoms with Gasteiger partial charge >= 0.3 is 12.1 Å². The Morgan fingerprint density at radius 2 is 1.62 bits per heavy atom. The summed E-state index contributed by atoms with van der Waals surface area (Å²) in [6.07, 6.45) is -0.521. The van der Waals surface area contributed by atoms with E-state index in [-0.39, 0.29) is 24.7 Å². The van der Waals surface area contributed by atoms with Crippen molar-refractivity contribution in [3.05, 3.63) is 77.3 Å². The molecule has 3 atom stereocenters. The molecule has 0 aliphatic carbocycles. The number of carbonyl (C=O) groups is 5. The number of oxazole rings is 1. The average molecular weight is 598 g/mol. The lowest BCUT2D eigenvalue weighted by Gasteiger charge is -2.23. The first kappa shape index (κ1) is 32.0. The van der Waals surface area contributed by atoms with Crippen LogP contribution in [0.1, 0.15) is 49.9 Å². The van der Waals surface area contributed by atoms with Crippen molar-refractivity contribution < 1.29 is 38.2 Å². The summed E-state index contributed by atoms with van der Waals surface area (Å²) in [4.78, 5) is 66.9. The van der Waals surface area contributed by atoms with Crippen LogP contribution in [0.4, 0.5) is 4.79 Å². The van der Waals surface area contributed by atoms with Crippen LogP contribution in [0.2, 0.25) is 5.02 Å². The van der Waals surface area contributed by atoms with Crippen molar-refractivity contribution in [3.8, 4) is 11.3 Å². The molecular formula is C30H32ClN3O8. The maximum atomic E-state index is 13.1. The van der Waals surface area contributed by atoms with E-state index in [1.807, 2.05) is 6.07 Å². The van der Waals surface area contributed by atoms with Gasteiger partial charge in [0.2, 0.25) is 11.7 Å². The van der Waals surface area contributed by atoms with Crippen molar-refractivity contribution in [2.75, 3.05) is 0 Å². The van der Waals surface area contributed by atoms with Gasteiger partial charge in [-0.1, -0.05) is 74.8 Å². The van der Waals surface area contributed by atoms with E-state index < -0.39 is 59.8 Å². The van der Waals surface area contributed by atoms with Crippen LogP contribution in [0, 0.1) is 11.8 Å². The summed E-state index contributed by atoms with van der Waals surface area (Å²) in [5.74, 6) is -4.82. The van der Waals surface area contributed by atoms with E-state index in [2.05, 4.69) is 15.6 Å². The zero-order valence-electron chi connectivity index (χ0n) is 23.3. The second-order valence-corrected chi connectivity index (χ2v) is 10.4. The Morgan fingerprint density at radius 1 is 0.952 bits per heavy atom. The summed E-state index contributed by atoms with van der Waals surface area (Å²) in [6.45, 7) is 4.95. The minimum Gasteiger partial charge on any atom is -0.481 e. The zero-order valence-corrected chi connectivity index (χ0v) is 24.1. The molecule has 42 heavy (non-hydrogen) atoms. The average Bonchev–Trinajstić information content (AvgIpc) is 3.44. The van der Waals surface area contributed by atoms with E-state index in [1.165, 1.54) is 13.1 Å². The molecule has 0 saturated heterocycles. The van der Waals surface area contributed by atoms with Crippen molar-refractivity contribution in [1.29, 1.82) is 0 Å². The number of hydrogen-bond acceptors (Lipinski definition) is 8. The number of benzene rings is 2. The number of rotatable bonds is 14. The molecule has 3 rings (SSSR count). The molecule has 2 amide bonds. The number of aromatic nitrogens is 1. The number of nitrogens with zero attached hydrogens (tertiary/aromatic N) is 1. The topological polar surface area (TPSA) is 165 Å². The third-order valence-corrected chi connectivity index (χ3v) is 6.65. The van der Waals surface area contributed by atoms with Crippen molar-refractivity contribution >= 4 is 41.1 Å². The molecule has 0 saturated carbocycles. The number of amides is 2. The Kier molecular flexibility index (Phi) is 11.4. The Labute approximate surface area is 247 Å². The lowest BCUT2D eigenvalue weighted by molar-refractivity contribution is -0.137. The summed E-state index contributed by atoms with van der Waals surface area (Å²) in [7, 11) is 0. The van der Waals surface area contributed by atoms with Gasteiger partial charge in [0.1, 0.15) is 12.6 Å². The summed E-state index contributed by atoms with van der Waals surface area (Å²) in [5, 5.41) is 14.7. The van der Waals surface area contributed by atoms with E-state index in [1.54, 1.807) is 62.4 Å². The van der Waals surface area contributed by atoms with E-state index in [0.717, 1.165) is 5.56 Å². The van der Waals surface area contributed by atoms with Crippen LogP contribution >= 0.6 is 11.6 Å². The van der Waals surface area contributed by atoms with Crippen LogP contribution in [0.25, 0.3) is 11.3 Å². The van der Waals surface area contributed by atoms with Crippen molar-refractivity contribution in [2.45, 2.75) is 52.3 Å². The summed E-state index contributed by atoms with van der Waals surface area (Å²) >= 11 is 6.17. The number of hydrogen-bond donors (Lipinski definition) is 3. The van der Waals surface area contributed by atoms with E-state index in [4.69, 9.17) is 20.8 Å². The minimum atomic E-state index is -1.50. The summed E-state index contributed by atoms with van der Waals surface area (Å²) < 4.78 is 10.7. The fraction of sp³-hybridized carbons (Fsp3) is 0.333. The SMILES string of the molecule is CC(C)[C@H](NC(=O)OCc1ccccc1)C(=O)C[C@@H](C)C(=O)N[C@@H](CC(=O)O)C(=O)c1ncc(-c2ccccc2Cl)o1. The Hall–Kier alpha value is -4.51. The predicted molar refractivity (Wildman–Crippen MR) is 153 cm³/mol. The number of aliphatic carboxylic acids is 1. The van der Waals surface area contributed by atoms with Gasteiger partial charge in [-0.2, -0.15) is 0 Å². The fourth-order valence-electron chi connectivity index (χ4n) is 4.05. The maximum absolute atomic E-state index is 13.1. The molecule has 2 aromatic carbocycles. The molecule has 0 radical (unpaired) electrons. The molecule has 3 N–H and O–H groups in total. The van der Waals surface area contributed by atoms with Gasteiger partial charge in [-0.15, -0.1) is 0 Å². The van der Waals surface area contributed by atoms with Gasteiger partial charge in [0, 0.05) is 17.9 Å². The van der Waals surface area contributed by atoms with E-state index in [9.17, 15) is 29.1 Å². The van der Waals surface area contributed by atoms with E-state index >= 15 is 0 Å². The van der Waals surface area contributed by atoms with Gasteiger partial charge in [-0.25, -0.2) is 9.78 Å². The highest BCUT2D eigenvalue weighted by molar-refractivity contribution is 6.33. The zero-order chi connectivity index (χ0) is 30.8.